The molecule has 0 bridgehead atoms. The Morgan fingerprint density at radius 2 is 1.38 bits per heavy atom. The van der Waals surface area contributed by atoms with E-state index in [1.165, 1.54) is 72.4 Å². The summed E-state index contributed by atoms with van der Waals surface area (Å²) in [4.78, 5) is 0. The summed E-state index contributed by atoms with van der Waals surface area (Å²) in [6, 6.07) is 41.1. The first-order valence-corrected chi connectivity index (χ1v) is 15.9. The van der Waals surface area contributed by atoms with Crippen LogP contribution in [0.5, 0.6) is 0 Å². The molecular formula is C44H33N. The van der Waals surface area contributed by atoms with Crippen molar-refractivity contribution in [3.63, 3.8) is 0 Å². The molecule has 0 amide bonds. The van der Waals surface area contributed by atoms with Crippen LogP contribution in [0, 0.1) is 0 Å². The van der Waals surface area contributed by atoms with Gasteiger partial charge in [0.05, 0.1) is 10.9 Å². The minimum atomic E-state index is -0.432. The van der Waals surface area contributed by atoms with E-state index in [2.05, 4.69) is 145 Å². The Kier molecular flexibility index (Phi) is 5.53. The zero-order valence-corrected chi connectivity index (χ0v) is 25.5. The lowest BCUT2D eigenvalue weighted by Gasteiger charge is -2.31. The normalized spacial score (nSPS) is 17.1. The van der Waals surface area contributed by atoms with Crippen LogP contribution in [0.15, 0.2) is 146 Å². The van der Waals surface area contributed by atoms with E-state index >= 15 is 0 Å². The molecule has 1 aromatic heterocycles. The second kappa shape index (κ2) is 9.55. The predicted octanol–water partition coefficient (Wildman–Crippen LogP) is 11.1. The van der Waals surface area contributed by atoms with Crippen LogP contribution < -0.4 is 0 Å². The van der Waals surface area contributed by atoms with Gasteiger partial charge in [-0.15, -0.1) is 0 Å². The van der Waals surface area contributed by atoms with Gasteiger partial charge in [-0.1, -0.05) is 122 Å². The van der Waals surface area contributed by atoms with Crippen molar-refractivity contribution in [2.75, 3.05) is 0 Å². The molecule has 1 heterocycles. The first-order chi connectivity index (χ1) is 22.1. The van der Waals surface area contributed by atoms with Gasteiger partial charge < -0.3 is 4.57 Å². The molecule has 214 valence electrons. The van der Waals surface area contributed by atoms with Gasteiger partial charge in [0.2, 0.25) is 0 Å². The van der Waals surface area contributed by atoms with E-state index in [0.29, 0.717) is 0 Å². The van der Waals surface area contributed by atoms with Gasteiger partial charge in [-0.3, -0.25) is 0 Å². The number of benzene rings is 5. The van der Waals surface area contributed by atoms with Crippen LogP contribution in [0.2, 0.25) is 0 Å². The highest BCUT2D eigenvalue weighted by Crippen LogP contribution is 2.63. The lowest BCUT2D eigenvalue weighted by atomic mass is 9.70. The van der Waals surface area contributed by atoms with Gasteiger partial charge in [-0.25, -0.2) is 0 Å². The average Bonchev–Trinajstić information content (AvgIpc) is 3.68. The van der Waals surface area contributed by atoms with E-state index in [0.717, 1.165) is 29.6 Å². The molecule has 45 heavy (non-hydrogen) atoms. The highest BCUT2D eigenvalue weighted by Gasteiger charge is 2.51. The second-order valence-corrected chi connectivity index (χ2v) is 12.6. The lowest BCUT2D eigenvalue weighted by Crippen LogP contribution is -2.26. The molecule has 0 radical (unpaired) electrons. The van der Waals surface area contributed by atoms with Crippen LogP contribution in [-0.2, 0) is 11.8 Å². The molecule has 1 spiro atoms. The topological polar surface area (TPSA) is 4.93 Å². The van der Waals surface area contributed by atoms with E-state index in [-0.39, 0.29) is 0 Å². The Morgan fingerprint density at radius 1 is 0.733 bits per heavy atom. The molecule has 1 heteroatoms. The van der Waals surface area contributed by atoms with E-state index in [1.807, 2.05) is 13.0 Å². The van der Waals surface area contributed by atoms with Crippen molar-refractivity contribution >= 4 is 22.6 Å². The summed E-state index contributed by atoms with van der Waals surface area (Å²) in [7, 11) is 0. The van der Waals surface area contributed by atoms with Crippen molar-refractivity contribution in [3.05, 3.63) is 185 Å². The van der Waals surface area contributed by atoms with Crippen molar-refractivity contribution in [3.8, 4) is 27.9 Å². The van der Waals surface area contributed by atoms with E-state index in [9.17, 15) is 0 Å². The summed E-state index contributed by atoms with van der Waals surface area (Å²) in [6.45, 7) is 10.4. The largest absolute Gasteiger partial charge is 0.310 e. The molecule has 0 aliphatic heterocycles. The van der Waals surface area contributed by atoms with E-state index < -0.39 is 5.41 Å². The summed E-state index contributed by atoms with van der Waals surface area (Å²) in [5.74, 6) is 0. The third-order valence-corrected chi connectivity index (χ3v) is 10.1. The molecule has 0 saturated heterocycles. The van der Waals surface area contributed by atoms with Gasteiger partial charge in [0.15, 0.2) is 0 Å². The fourth-order valence-corrected chi connectivity index (χ4v) is 8.44. The Morgan fingerprint density at radius 3 is 2.11 bits per heavy atom. The van der Waals surface area contributed by atoms with Crippen LogP contribution >= 0.6 is 0 Å². The van der Waals surface area contributed by atoms with Crippen LogP contribution in [0.1, 0.15) is 52.4 Å². The molecule has 1 nitrogen and oxygen atoms in total. The maximum absolute atomic E-state index is 4.17. The summed E-state index contributed by atoms with van der Waals surface area (Å²) < 4.78 is 2.49. The number of hydrogen-bond donors (Lipinski definition) is 0. The smallest absolute Gasteiger partial charge is 0.0726 e. The first-order valence-electron chi connectivity index (χ1n) is 15.9. The third kappa shape index (κ3) is 3.44. The number of hydrogen-bond acceptors (Lipinski definition) is 0. The highest BCUT2D eigenvalue weighted by atomic mass is 15.0. The monoisotopic (exact) mass is 575 g/mol. The number of aryl methyl sites for hydroxylation is 1. The number of aromatic nitrogens is 1. The van der Waals surface area contributed by atoms with Gasteiger partial charge in [0, 0.05) is 16.8 Å². The predicted molar refractivity (Wildman–Crippen MR) is 190 cm³/mol. The molecule has 3 aliphatic carbocycles. The number of rotatable bonds is 4. The van der Waals surface area contributed by atoms with Crippen LogP contribution in [0.4, 0.5) is 0 Å². The third-order valence-electron chi connectivity index (χ3n) is 10.1. The number of fused-ring (bicyclic) bond motifs is 13. The maximum atomic E-state index is 4.17. The molecule has 0 N–H and O–H groups in total. The quantitative estimate of drug-likeness (QED) is 0.184. The fourth-order valence-electron chi connectivity index (χ4n) is 8.44. The maximum Gasteiger partial charge on any atom is 0.0726 e. The van der Waals surface area contributed by atoms with Gasteiger partial charge in [0.1, 0.15) is 0 Å². The fraction of sp³-hybridized carbons (Fsp3) is 0.0909. The van der Waals surface area contributed by atoms with Gasteiger partial charge in [-0.05, 0) is 111 Å². The van der Waals surface area contributed by atoms with Gasteiger partial charge in [-0.2, -0.15) is 0 Å². The van der Waals surface area contributed by atoms with Crippen molar-refractivity contribution < 1.29 is 0 Å². The van der Waals surface area contributed by atoms with Crippen LogP contribution in [-0.4, -0.2) is 4.57 Å². The number of allylic oxidation sites excluding steroid dienone is 5. The number of nitrogens with zero attached hydrogens (tertiary/aromatic N) is 1. The SMILES string of the molecule is C=C/C(=C\C(=C)C)c1ccc2c(c1)C1(c3ccccc3-2)c2ccccc2-c2ccc(-n3c4c(c5ccccc53)CCC=C4)cc21. The van der Waals surface area contributed by atoms with Crippen LogP contribution in [0.25, 0.3) is 50.5 Å². The molecule has 1 atom stereocenters. The molecule has 0 saturated carbocycles. The molecule has 0 fully saturated rings. The molecule has 9 rings (SSSR count). The zero-order chi connectivity index (χ0) is 30.3. The van der Waals surface area contributed by atoms with Crippen molar-refractivity contribution in [1.82, 2.24) is 4.57 Å². The molecular weight excluding hydrogens is 542 g/mol. The minimum Gasteiger partial charge on any atom is -0.310 e. The van der Waals surface area contributed by atoms with Crippen molar-refractivity contribution in [1.29, 1.82) is 0 Å². The van der Waals surface area contributed by atoms with Crippen LogP contribution in [0.3, 0.4) is 0 Å². The van der Waals surface area contributed by atoms with Crippen molar-refractivity contribution in [2.45, 2.75) is 25.2 Å². The van der Waals surface area contributed by atoms with E-state index in [4.69, 9.17) is 0 Å². The van der Waals surface area contributed by atoms with Crippen molar-refractivity contribution in [2.24, 2.45) is 0 Å². The highest BCUT2D eigenvalue weighted by molar-refractivity contribution is 5.97. The Labute approximate surface area is 264 Å². The molecule has 6 aromatic rings. The Hall–Kier alpha value is -5.40. The minimum absolute atomic E-state index is 0.432. The molecule has 1 unspecified atom stereocenters. The Balaban J connectivity index is 1.39. The average molecular weight is 576 g/mol. The zero-order valence-electron chi connectivity index (χ0n) is 25.5. The van der Waals surface area contributed by atoms with Gasteiger partial charge >= 0.3 is 0 Å². The van der Waals surface area contributed by atoms with Gasteiger partial charge in [0.25, 0.3) is 0 Å². The summed E-state index contributed by atoms with van der Waals surface area (Å²) in [5.41, 5.74) is 18.7. The first kappa shape index (κ1) is 26.0. The number of para-hydroxylation sites is 1. The second-order valence-electron chi connectivity index (χ2n) is 12.6. The molecule has 3 aliphatic rings. The van der Waals surface area contributed by atoms with E-state index in [1.54, 1.807) is 0 Å². The standard InChI is InChI=1S/C44H33N/c1-4-29(25-28(2)3)30-21-23-34-32-13-5-9-17-38(32)44(40(34)26-30)39-18-10-6-14-33(39)35-24-22-31(27-41(35)44)45-42-19-11-7-15-36(42)37-16-8-12-20-43(37)45/h4-7,9-15,17-27H,1-2,8,16H2,3H3/b29-25+. The summed E-state index contributed by atoms with van der Waals surface area (Å²) in [6.07, 6.45) is 10.9. The summed E-state index contributed by atoms with van der Waals surface area (Å²) >= 11 is 0. The summed E-state index contributed by atoms with van der Waals surface area (Å²) in [5, 5.41) is 1.36. The Bertz CT molecular complexity index is 2310. The molecule has 5 aromatic carbocycles. The lowest BCUT2D eigenvalue weighted by molar-refractivity contribution is 0.791.